The minimum absolute atomic E-state index is 0.182. The molecule has 2 saturated heterocycles. The van der Waals surface area contributed by atoms with E-state index in [0.717, 1.165) is 50.4 Å². The van der Waals surface area contributed by atoms with Crippen LogP contribution < -0.4 is 20.9 Å². The van der Waals surface area contributed by atoms with E-state index in [9.17, 15) is 28.0 Å². The molecule has 0 spiro atoms. The van der Waals surface area contributed by atoms with E-state index in [1.54, 1.807) is 59.6 Å². The number of esters is 2. The van der Waals surface area contributed by atoms with Gasteiger partial charge in [-0.15, -0.1) is 0 Å². The molecule has 0 amide bonds. The van der Waals surface area contributed by atoms with Crippen molar-refractivity contribution in [2.75, 3.05) is 89.5 Å². The second kappa shape index (κ2) is 21.1. The third-order valence-corrected chi connectivity index (χ3v) is 9.69. The van der Waals surface area contributed by atoms with Crippen molar-refractivity contribution >= 4 is 29.7 Å². The summed E-state index contributed by atoms with van der Waals surface area (Å²) in [6.07, 6.45) is 6.72. The van der Waals surface area contributed by atoms with Crippen LogP contribution in [0.1, 0.15) is 42.8 Å². The largest absolute Gasteiger partial charge is 0.466 e. The molecule has 0 radical (unpaired) electrons. The van der Waals surface area contributed by atoms with Crippen LogP contribution in [0.25, 0.3) is 6.08 Å². The number of rotatable bonds is 13. The number of hydrogen-bond acceptors (Lipinski definition) is 12. The summed E-state index contributed by atoms with van der Waals surface area (Å²) in [5.41, 5.74) is 2.36. The number of hydrogen-bond donors (Lipinski definition) is 0. The maximum atomic E-state index is 13.2. The summed E-state index contributed by atoms with van der Waals surface area (Å²) in [6, 6.07) is 12.1. The van der Waals surface area contributed by atoms with Gasteiger partial charge in [-0.1, -0.05) is 24.3 Å². The summed E-state index contributed by atoms with van der Waals surface area (Å²) in [7, 11) is 4.09. The molecular weight excluding hydrogens is 751 g/mol. The highest BCUT2D eigenvalue weighted by atomic mass is 19.1. The summed E-state index contributed by atoms with van der Waals surface area (Å²) < 4.78 is 39.5. The average Bonchev–Trinajstić information content (AvgIpc) is 3.21. The van der Waals surface area contributed by atoms with Crippen LogP contribution in [0.3, 0.4) is 0 Å². The Labute approximate surface area is 336 Å². The number of aromatic nitrogens is 4. The molecule has 0 bridgehead atoms. The van der Waals surface area contributed by atoms with Crippen LogP contribution in [-0.2, 0) is 38.6 Å². The molecule has 310 valence electrons. The number of halogens is 2. The Balaban J connectivity index is 0.000000221. The lowest BCUT2D eigenvalue weighted by atomic mass is 10.2. The van der Waals surface area contributed by atoms with E-state index in [1.807, 2.05) is 23.9 Å². The zero-order valence-corrected chi connectivity index (χ0v) is 33.6. The third-order valence-electron chi connectivity index (χ3n) is 9.69. The van der Waals surface area contributed by atoms with E-state index < -0.39 is 5.97 Å². The van der Waals surface area contributed by atoms with Crippen LogP contribution in [0, 0.1) is 11.6 Å². The van der Waals surface area contributed by atoms with E-state index in [4.69, 9.17) is 9.47 Å². The fraction of sp³-hybridized carbons (Fsp3) is 0.429. The van der Waals surface area contributed by atoms with Gasteiger partial charge < -0.3 is 38.2 Å². The fourth-order valence-electron chi connectivity index (χ4n) is 6.39. The van der Waals surface area contributed by atoms with E-state index in [2.05, 4.69) is 19.8 Å². The first kappa shape index (κ1) is 43.4. The molecule has 0 unspecified atom stereocenters. The van der Waals surface area contributed by atoms with Gasteiger partial charge in [-0.2, -0.15) is 0 Å². The van der Waals surface area contributed by atoms with Crippen LogP contribution in [0.5, 0.6) is 0 Å². The quantitative estimate of drug-likeness (QED) is 0.145. The lowest BCUT2D eigenvalue weighted by Gasteiger charge is -2.33. The second-order valence-electron chi connectivity index (χ2n) is 14.1. The Bertz CT molecular complexity index is 2130. The monoisotopic (exact) mass is 802 g/mol. The second-order valence-corrected chi connectivity index (χ2v) is 14.1. The SMILES string of the molecule is CCOC(=O)/C=C/c1cn(Cc2ccc(F)cc2)c(=O)c(N2CCN(C)CC2)n1.CCOC(=O)CCc1cn(Cc2ccc(F)cc2)c(=O)c(N2CCN(C)CC2)n1. The van der Waals surface area contributed by atoms with Crippen molar-refractivity contribution in [1.82, 2.24) is 28.9 Å². The first-order valence-corrected chi connectivity index (χ1v) is 19.5. The van der Waals surface area contributed by atoms with E-state index >= 15 is 0 Å². The number of carbonyl (C=O) groups excluding carboxylic acids is 2. The molecule has 0 atom stereocenters. The minimum Gasteiger partial charge on any atom is -0.466 e. The number of aryl methyl sites for hydroxylation is 1. The van der Waals surface area contributed by atoms with Crippen molar-refractivity contribution in [3.8, 4) is 0 Å². The average molecular weight is 803 g/mol. The van der Waals surface area contributed by atoms with Gasteiger partial charge in [0, 0.05) is 77.2 Å². The molecule has 4 heterocycles. The molecule has 2 aromatic carbocycles. The van der Waals surface area contributed by atoms with Crippen LogP contribution in [0.15, 0.2) is 76.6 Å². The van der Waals surface area contributed by atoms with Gasteiger partial charge in [0.15, 0.2) is 11.6 Å². The highest BCUT2D eigenvalue weighted by Crippen LogP contribution is 2.15. The molecule has 2 aliphatic rings. The summed E-state index contributed by atoms with van der Waals surface area (Å²) in [5.74, 6) is -0.637. The maximum Gasteiger partial charge on any atom is 0.330 e. The smallest absolute Gasteiger partial charge is 0.330 e. The third kappa shape index (κ3) is 12.6. The number of ether oxygens (including phenoxy) is 2. The number of carbonyl (C=O) groups is 2. The van der Waals surface area contributed by atoms with Crippen LogP contribution in [-0.4, -0.2) is 121 Å². The highest BCUT2D eigenvalue weighted by molar-refractivity contribution is 5.86. The molecule has 14 nitrogen and oxygen atoms in total. The molecule has 2 fully saturated rings. The van der Waals surface area contributed by atoms with E-state index in [1.165, 1.54) is 36.4 Å². The standard InChI is InChI=1S/C21H27FN4O3.C21H25FN4O3/c2*1-3-29-19(27)9-8-18-15-26(14-16-4-6-17(22)7-5-16)21(28)20(23-18)25-12-10-24(2)11-13-25/h4-7,15H,3,8-14H2,1-2H3;4-9,15H,3,10-14H2,1-2H3/b;9-8+. The fourth-order valence-corrected chi connectivity index (χ4v) is 6.39. The van der Waals surface area contributed by atoms with E-state index in [-0.39, 0.29) is 48.3 Å². The predicted octanol–water partition coefficient (Wildman–Crippen LogP) is 3.44. The Hall–Kier alpha value is -5.74. The van der Waals surface area contributed by atoms with Crippen molar-refractivity contribution in [2.45, 2.75) is 39.8 Å². The van der Waals surface area contributed by atoms with Crippen LogP contribution >= 0.6 is 0 Å². The predicted molar refractivity (Wildman–Crippen MR) is 218 cm³/mol. The van der Waals surface area contributed by atoms with Gasteiger partial charge >= 0.3 is 11.9 Å². The summed E-state index contributed by atoms with van der Waals surface area (Å²) in [5, 5.41) is 0. The number of piperazine rings is 2. The Morgan fingerprint density at radius 3 is 1.62 bits per heavy atom. The highest BCUT2D eigenvalue weighted by Gasteiger charge is 2.22. The first-order chi connectivity index (χ1) is 27.9. The first-order valence-electron chi connectivity index (χ1n) is 19.5. The topological polar surface area (TPSA) is 135 Å². The Morgan fingerprint density at radius 1 is 0.672 bits per heavy atom. The zero-order chi connectivity index (χ0) is 41.6. The summed E-state index contributed by atoms with van der Waals surface area (Å²) in [4.78, 5) is 67.0. The molecule has 0 aliphatic carbocycles. The van der Waals surface area contributed by atoms with Gasteiger partial charge in [0.2, 0.25) is 0 Å². The van der Waals surface area contributed by atoms with E-state index in [0.29, 0.717) is 55.7 Å². The van der Waals surface area contributed by atoms with Crippen molar-refractivity contribution in [2.24, 2.45) is 0 Å². The number of likely N-dealkylation sites (N-methyl/N-ethyl adjacent to an activating group) is 2. The molecule has 58 heavy (non-hydrogen) atoms. The molecular formula is C42H52F2N8O6. The Kier molecular flexibility index (Phi) is 15.8. The van der Waals surface area contributed by atoms with Crippen molar-refractivity contribution in [3.05, 3.63) is 122 Å². The van der Waals surface area contributed by atoms with Gasteiger partial charge in [0.05, 0.1) is 44.1 Å². The number of anilines is 2. The number of benzene rings is 2. The van der Waals surface area contributed by atoms with Crippen molar-refractivity contribution < 1.29 is 27.8 Å². The van der Waals surface area contributed by atoms with Gasteiger partial charge in [-0.05, 0) is 69.4 Å². The molecule has 6 rings (SSSR count). The lowest BCUT2D eigenvalue weighted by Crippen LogP contribution is -2.47. The van der Waals surface area contributed by atoms with Gasteiger partial charge in [-0.3, -0.25) is 14.4 Å². The van der Waals surface area contributed by atoms with Crippen molar-refractivity contribution in [3.63, 3.8) is 0 Å². The lowest BCUT2D eigenvalue weighted by molar-refractivity contribution is -0.143. The summed E-state index contributed by atoms with van der Waals surface area (Å²) >= 11 is 0. The van der Waals surface area contributed by atoms with Gasteiger partial charge in [-0.25, -0.2) is 23.5 Å². The van der Waals surface area contributed by atoms with Crippen LogP contribution in [0.2, 0.25) is 0 Å². The van der Waals surface area contributed by atoms with Gasteiger partial charge in [0.1, 0.15) is 11.6 Å². The molecule has 16 heteroatoms. The number of nitrogens with zero attached hydrogens (tertiary/aromatic N) is 8. The molecule has 2 aliphatic heterocycles. The molecule has 2 aromatic heterocycles. The summed E-state index contributed by atoms with van der Waals surface area (Å²) in [6.45, 7) is 10.9. The van der Waals surface area contributed by atoms with Crippen LogP contribution in [0.4, 0.5) is 20.4 Å². The minimum atomic E-state index is -0.466. The zero-order valence-electron chi connectivity index (χ0n) is 33.6. The molecule has 4 aromatic rings. The van der Waals surface area contributed by atoms with Crippen molar-refractivity contribution in [1.29, 1.82) is 0 Å². The molecule has 0 N–H and O–H groups in total. The maximum absolute atomic E-state index is 13.2. The normalized spacial score (nSPS) is 14.9. The Morgan fingerprint density at radius 2 is 1.14 bits per heavy atom. The van der Waals surface area contributed by atoms with Gasteiger partial charge in [0.25, 0.3) is 11.1 Å². The molecule has 0 saturated carbocycles.